The Hall–Kier alpha value is -2.30. The van der Waals surface area contributed by atoms with Crippen molar-refractivity contribution < 1.29 is 9.53 Å². The molecule has 5 heteroatoms. The van der Waals surface area contributed by atoms with Gasteiger partial charge in [0, 0.05) is 26.3 Å². The van der Waals surface area contributed by atoms with E-state index in [1.165, 1.54) is 18.4 Å². The van der Waals surface area contributed by atoms with Crippen molar-refractivity contribution in [1.82, 2.24) is 14.7 Å². The summed E-state index contributed by atoms with van der Waals surface area (Å²) in [5.74, 6) is 2.02. The fourth-order valence-electron chi connectivity index (χ4n) is 3.53. The predicted octanol–water partition coefficient (Wildman–Crippen LogP) is 2.91. The monoisotopic (exact) mass is 339 g/mol. The van der Waals surface area contributed by atoms with E-state index in [2.05, 4.69) is 11.3 Å². The van der Waals surface area contributed by atoms with Crippen LogP contribution < -0.4 is 4.74 Å². The molecule has 0 unspecified atom stereocenters. The highest BCUT2D eigenvalue weighted by Crippen LogP contribution is 2.31. The standard InChI is InChI=1S/C20H25N3O2/c1-22-12-17(11-21-22)10-16-8-9-23(13-16)20(24)18-4-2-3-5-19(18)25-14-15-6-7-15/h2-5,11-12,15-16H,6-10,13-14H2,1H3/t16-/m1/s1. The van der Waals surface area contributed by atoms with Crippen LogP contribution in [0.2, 0.25) is 0 Å². The lowest BCUT2D eigenvalue weighted by molar-refractivity contribution is 0.0782. The van der Waals surface area contributed by atoms with Crippen LogP contribution in [-0.2, 0) is 13.5 Å². The van der Waals surface area contributed by atoms with Crippen LogP contribution in [0.5, 0.6) is 5.75 Å². The Labute approximate surface area is 148 Å². The van der Waals surface area contributed by atoms with Gasteiger partial charge in [-0.3, -0.25) is 9.48 Å². The number of carbonyl (C=O) groups is 1. The number of amides is 1. The van der Waals surface area contributed by atoms with Gasteiger partial charge < -0.3 is 9.64 Å². The largest absolute Gasteiger partial charge is 0.492 e. The number of likely N-dealkylation sites (tertiary alicyclic amines) is 1. The topological polar surface area (TPSA) is 47.4 Å². The van der Waals surface area contributed by atoms with Gasteiger partial charge in [0.2, 0.25) is 0 Å². The van der Waals surface area contributed by atoms with Gasteiger partial charge in [-0.15, -0.1) is 0 Å². The maximum atomic E-state index is 13.0. The zero-order valence-electron chi connectivity index (χ0n) is 14.7. The molecule has 2 aromatic rings. The van der Waals surface area contributed by atoms with E-state index in [4.69, 9.17) is 4.74 Å². The molecule has 1 amide bonds. The first kappa shape index (κ1) is 16.2. The normalized spacial score (nSPS) is 20.0. The highest BCUT2D eigenvalue weighted by Gasteiger charge is 2.29. The Morgan fingerprint density at radius 2 is 2.08 bits per heavy atom. The van der Waals surface area contributed by atoms with Gasteiger partial charge in [0.25, 0.3) is 5.91 Å². The third kappa shape index (κ3) is 3.86. The second kappa shape index (κ2) is 6.90. The van der Waals surface area contributed by atoms with Crippen LogP contribution in [-0.4, -0.2) is 40.3 Å². The van der Waals surface area contributed by atoms with Crippen molar-refractivity contribution in [1.29, 1.82) is 0 Å². The molecule has 25 heavy (non-hydrogen) atoms. The summed E-state index contributed by atoms with van der Waals surface area (Å²) in [6.45, 7) is 2.36. The number of rotatable bonds is 6. The summed E-state index contributed by atoms with van der Waals surface area (Å²) < 4.78 is 7.74. The predicted molar refractivity (Wildman–Crippen MR) is 95.6 cm³/mol. The molecule has 0 spiro atoms. The van der Waals surface area contributed by atoms with Gasteiger partial charge in [-0.2, -0.15) is 5.10 Å². The van der Waals surface area contributed by atoms with Crippen LogP contribution in [0.25, 0.3) is 0 Å². The van der Waals surface area contributed by atoms with Gasteiger partial charge in [0.05, 0.1) is 18.4 Å². The summed E-state index contributed by atoms with van der Waals surface area (Å²) in [4.78, 5) is 14.9. The second-order valence-electron chi connectivity index (χ2n) is 7.38. The van der Waals surface area contributed by atoms with E-state index in [-0.39, 0.29) is 5.91 Å². The fourth-order valence-corrected chi connectivity index (χ4v) is 3.53. The average Bonchev–Trinajstić information content (AvgIpc) is 3.19. The van der Waals surface area contributed by atoms with Crippen molar-refractivity contribution in [3.8, 4) is 5.75 Å². The maximum Gasteiger partial charge on any atom is 0.257 e. The number of hydrogen-bond acceptors (Lipinski definition) is 3. The average molecular weight is 339 g/mol. The van der Waals surface area contributed by atoms with E-state index >= 15 is 0 Å². The minimum absolute atomic E-state index is 0.0973. The number of benzene rings is 1. The quantitative estimate of drug-likeness (QED) is 0.813. The highest BCUT2D eigenvalue weighted by molar-refractivity contribution is 5.97. The molecule has 0 N–H and O–H groups in total. The summed E-state index contributed by atoms with van der Waals surface area (Å²) >= 11 is 0. The van der Waals surface area contributed by atoms with Crippen molar-refractivity contribution in [2.75, 3.05) is 19.7 Å². The van der Waals surface area contributed by atoms with Crippen LogP contribution in [0.1, 0.15) is 35.2 Å². The number of aryl methyl sites for hydroxylation is 1. The molecule has 0 bridgehead atoms. The number of ether oxygens (including phenoxy) is 1. The Kier molecular flexibility index (Phi) is 4.47. The van der Waals surface area contributed by atoms with E-state index in [1.54, 1.807) is 0 Å². The Morgan fingerprint density at radius 1 is 1.24 bits per heavy atom. The summed E-state index contributed by atoms with van der Waals surface area (Å²) in [7, 11) is 1.94. The molecule has 132 valence electrons. The molecule has 1 aromatic heterocycles. The molecule has 2 fully saturated rings. The van der Waals surface area contributed by atoms with E-state index in [0.29, 0.717) is 17.4 Å². The molecule has 1 aliphatic carbocycles. The zero-order valence-corrected chi connectivity index (χ0v) is 14.7. The fraction of sp³-hybridized carbons (Fsp3) is 0.500. The zero-order chi connectivity index (χ0) is 17.2. The SMILES string of the molecule is Cn1cc(C[C@H]2CCN(C(=O)c3ccccc3OCC3CC3)C2)cn1. The third-order valence-corrected chi connectivity index (χ3v) is 5.14. The minimum atomic E-state index is 0.0973. The molecule has 1 saturated carbocycles. The molecule has 2 heterocycles. The van der Waals surface area contributed by atoms with E-state index in [9.17, 15) is 4.79 Å². The first-order valence-electron chi connectivity index (χ1n) is 9.17. The molecular formula is C20H25N3O2. The van der Waals surface area contributed by atoms with Crippen molar-refractivity contribution in [3.05, 3.63) is 47.8 Å². The number of para-hydroxylation sites is 1. The van der Waals surface area contributed by atoms with E-state index in [1.807, 2.05) is 47.1 Å². The molecule has 1 saturated heterocycles. The third-order valence-electron chi connectivity index (χ3n) is 5.14. The Balaban J connectivity index is 1.39. The van der Waals surface area contributed by atoms with Crippen LogP contribution >= 0.6 is 0 Å². The van der Waals surface area contributed by atoms with Gasteiger partial charge in [0.15, 0.2) is 0 Å². The summed E-state index contributed by atoms with van der Waals surface area (Å²) in [6.07, 6.45) is 8.51. The molecule has 2 aliphatic rings. The Bertz CT molecular complexity index is 751. The van der Waals surface area contributed by atoms with Crippen molar-refractivity contribution in [2.45, 2.75) is 25.7 Å². The van der Waals surface area contributed by atoms with Gasteiger partial charge >= 0.3 is 0 Å². The van der Waals surface area contributed by atoms with Crippen molar-refractivity contribution in [2.24, 2.45) is 18.9 Å². The lowest BCUT2D eigenvalue weighted by Crippen LogP contribution is -2.29. The summed E-state index contributed by atoms with van der Waals surface area (Å²) in [5, 5.41) is 4.23. The molecule has 5 nitrogen and oxygen atoms in total. The molecule has 1 aromatic carbocycles. The minimum Gasteiger partial charge on any atom is -0.492 e. The highest BCUT2D eigenvalue weighted by atomic mass is 16.5. The smallest absolute Gasteiger partial charge is 0.257 e. The molecule has 1 aliphatic heterocycles. The first-order valence-corrected chi connectivity index (χ1v) is 9.17. The number of aromatic nitrogens is 2. The number of nitrogens with zero attached hydrogens (tertiary/aromatic N) is 3. The maximum absolute atomic E-state index is 13.0. The van der Waals surface area contributed by atoms with Crippen molar-refractivity contribution >= 4 is 5.91 Å². The van der Waals surface area contributed by atoms with Crippen molar-refractivity contribution in [3.63, 3.8) is 0 Å². The first-order chi connectivity index (χ1) is 12.2. The Morgan fingerprint density at radius 3 is 2.84 bits per heavy atom. The molecule has 4 rings (SSSR count). The van der Waals surface area contributed by atoms with Crippen LogP contribution in [0, 0.1) is 11.8 Å². The van der Waals surface area contributed by atoms with Gasteiger partial charge in [0.1, 0.15) is 5.75 Å². The molecular weight excluding hydrogens is 314 g/mol. The summed E-state index contributed by atoms with van der Waals surface area (Å²) in [5.41, 5.74) is 1.94. The van der Waals surface area contributed by atoms with Gasteiger partial charge in [-0.25, -0.2) is 0 Å². The second-order valence-corrected chi connectivity index (χ2v) is 7.38. The molecule has 0 radical (unpaired) electrons. The van der Waals surface area contributed by atoms with Crippen LogP contribution in [0.4, 0.5) is 0 Å². The van der Waals surface area contributed by atoms with E-state index in [0.717, 1.165) is 38.3 Å². The van der Waals surface area contributed by atoms with Gasteiger partial charge in [-0.1, -0.05) is 12.1 Å². The summed E-state index contributed by atoms with van der Waals surface area (Å²) in [6, 6.07) is 7.66. The van der Waals surface area contributed by atoms with E-state index < -0.39 is 0 Å². The van der Waals surface area contributed by atoms with Crippen LogP contribution in [0.3, 0.4) is 0 Å². The van der Waals surface area contributed by atoms with Gasteiger partial charge in [-0.05, 0) is 55.2 Å². The molecule has 1 atom stereocenters. The lowest BCUT2D eigenvalue weighted by Gasteiger charge is -2.18. The van der Waals surface area contributed by atoms with Crippen LogP contribution in [0.15, 0.2) is 36.7 Å². The number of carbonyl (C=O) groups excluding carboxylic acids is 1. The number of hydrogen-bond donors (Lipinski definition) is 0. The lowest BCUT2D eigenvalue weighted by atomic mass is 10.0.